The van der Waals surface area contributed by atoms with Crippen LogP contribution in [0.5, 0.6) is 0 Å². The van der Waals surface area contributed by atoms with Gasteiger partial charge in [0.2, 0.25) is 10.0 Å². The van der Waals surface area contributed by atoms with Gasteiger partial charge in [0.1, 0.15) is 0 Å². The highest BCUT2D eigenvalue weighted by Gasteiger charge is 2.28. The molecule has 9 nitrogen and oxygen atoms in total. The SMILES string of the molecule is Cc1ccc(C(=O)OCC(=O)NC(=O)Nc2cccc(C)c2C)cc1S(=O)(=O)N1CCCCC1. The van der Waals surface area contributed by atoms with Crippen molar-refractivity contribution in [2.45, 2.75) is 44.9 Å². The number of carbonyl (C=O) groups is 3. The summed E-state index contributed by atoms with van der Waals surface area (Å²) in [7, 11) is -3.74. The summed E-state index contributed by atoms with van der Waals surface area (Å²) < 4.78 is 32.5. The molecule has 10 heteroatoms. The molecule has 1 heterocycles. The number of ether oxygens (including phenoxy) is 1. The van der Waals surface area contributed by atoms with E-state index in [0.29, 0.717) is 24.3 Å². The van der Waals surface area contributed by atoms with Crippen molar-refractivity contribution in [1.82, 2.24) is 9.62 Å². The molecule has 2 aromatic carbocycles. The van der Waals surface area contributed by atoms with E-state index < -0.39 is 34.5 Å². The largest absolute Gasteiger partial charge is 0.452 e. The van der Waals surface area contributed by atoms with Gasteiger partial charge in [0.05, 0.1) is 10.5 Å². The molecule has 1 aliphatic rings. The minimum atomic E-state index is -3.74. The van der Waals surface area contributed by atoms with Gasteiger partial charge in [-0.3, -0.25) is 10.1 Å². The average Bonchev–Trinajstić information content (AvgIpc) is 2.81. The third-order valence-corrected chi connectivity index (χ3v) is 7.84. The van der Waals surface area contributed by atoms with Crippen LogP contribution in [0.2, 0.25) is 0 Å². The lowest BCUT2D eigenvalue weighted by molar-refractivity contribution is -0.123. The minimum absolute atomic E-state index is 0.00817. The third kappa shape index (κ3) is 6.00. The molecule has 1 aliphatic heterocycles. The smallest absolute Gasteiger partial charge is 0.338 e. The normalized spacial score (nSPS) is 14.3. The van der Waals surface area contributed by atoms with Crippen molar-refractivity contribution >= 4 is 33.6 Å². The first kappa shape index (κ1) is 25.4. The zero-order valence-electron chi connectivity index (χ0n) is 19.5. The van der Waals surface area contributed by atoms with Crippen molar-refractivity contribution in [3.63, 3.8) is 0 Å². The van der Waals surface area contributed by atoms with Crippen LogP contribution in [0.25, 0.3) is 0 Å². The molecule has 34 heavy (non-hydrogen) atoms. The summed E-state index contributed by atoms with van der Waals surface area (Å²) in [5.41, 5.74) is 2.94. The number of hydrogen-bond donors (Lipinski definition) is 2. The molecule has 1 saturated heterocycles. The van der Waals surface area contributed by atoms with Crippen LogP contribution < -0.4 is 10.6 Å². The van der Waals surface area contributed by atoms with Crippen LogP contribution in [-0.4, -0.2) is 50.3 Å². The standard InChI is InChI=1S/C24H29N3O6S/c1-16-8-7-9-20(18(16)3)25-24(30)26-22(28)15-33-23(29)19-11-10-17(2)21(14-19)34(31,32)27-12-5-4-6-13-27/h7-11,14H,4-6,12-13,15H2,1-3H3,(H2,25,26,28,30). The lowest BCUT2D eigenvalue weighted by Gasteiger charge is -2.26. The van der Waals surface area contributed by atoms with Gasteiger partial charge in [-0.1, -0.05) is 24.6 Å². The highest BCUT2D eigenvalue weighted by atomic mass is 32.2. The van der Waals surface area contributed by atoms with E-state index in [9.17, 15) is 22.8 Å². The number of imide groups is 1. The molecule has 3 amide bonds. The quantitative estimate of drug-likeness (QED) is 0.603. The van der Waals surface area contributed by atoms with E-state index in [-0.39, 0.29) is 10.5 Å². The van der Waals surface area contributed by atoms with Gasteiger partial charge in [-0.05, 0) is 68.5 Å². The first-order valence-electron chi connectivity index (χ1n) is 11.0. The van der Waals surface area contributed by atoms with Crippen LogP contribution in [0.3, 0.4) is 0 Å². The van der Waals surface area contributed by atoms with Crippen molar-refractivity contribution < 1.29 is 27.5 Å². The lowest BCUT2D eigenvalue weighted by Crippen LogP contribution is -2.37. The minimum Gasteiger partial charge on any atom is -0.452 e. The van der Waals surface area contributed by atoms with Crippen molar-refractivity contribution in [2.24, 2.45) is 0 Å². The third-order valence-electron chi connectivity index (χ3n) is 5.80. The number of carbonyl (C=O) groups excluding carboxylic acids is 3. The number of piperidine rings is 1. The van der Waals surface area contributed by atoms with Gasteiger partial charge < -0.3 is 10.1 Å². The molecule has 0 aliphatic carbocycles. The molecule has 2 aromatic rings. The number of anilines is 1. The Kier molecular flexibility index (Phi) is 8.06. The Bertz CT molecular complexity index is 1200. The molecule has 1 fully saturated rings. The number of rotatable bonds is 6. The lowest BCUT2D eigenvalue weighted by atomic mass is 10.1. The molecular formula is C24H29N3O6S. The summed E-state index contributed by atoms with van der Waals surface area (Å²) in [6.45, 7) is 5.60. The van der Waals surface area contributed by atoms with E-state index in [1.165, 1.54) is 22.5 Å². The van der Waals surface area contributed by atoms with Crippen molar-refractivity contribution in [3.8, 4) is 0 Å². The molecule has 0 aromatic heterocycles. The number of benzene rings is 2. The maximum Gasteiger partial charge on any atom is 0.338 e. The van der Waals surface area contributed by atoms with Crippen molar-refractivity contribution in [3.05, 3.63) is 58.7 Å². The summed E-state index contributed by atoms with van der Waals surface area (Å²) in [6, 6.07) is 8.88. The number of esters is 1. The van der Waals surface area contributed by atoms with Crippen LogP contribution >= 0.6 is 0 Å². The molecule has 0 spiro atoms. The van der Waals surface area contributed by atoms with Gasteiger partial charge in [0.25, 0.3) is 5.91 Å². The Morgan fingerprint density at radius 1 is 0.971 bits per heavy atom. The van der Waals surface area contributed by atoms with E-state index in [0.717, 1.165) is 30.4 Å². The number of amides is 3. The average molecular weight is 488 g/mol. The van der Waals surface area contributed by atoms with Gasteiger partial charge in [-0.15, -0.1) is 0 Å². The number of aryl methyl sites for hydroxylation is 2. The first-order chi connectivity index (χ1) is 16.1. The fourth-order valence-corrected chi connectivity index (χ4v) is 5.43. The second-order valence-corrected chi connectivity index (χ2v) is 10.2. The Morgan fingerprint density at radius 3 is 2.38 bits per heavy atom. The van der Waals surface area contributed by atoms with Gasteiger partial charge in [-0.2, -0.15) is 4.31 Å². The number of urea groups is 1. The van der Waals surface area contributed by atoms with Crippen LogP contribution in [-0.2, 0) is 19.6 Å². The van der Waals surface area contributed by atoms with Gasteiger partial charge in [-0.25, -0.2) is 18.0 Å². The predicted octanol–water partition coefficient (Wildman–Crippen LogP) is 3.29. The highest BCUT2D eigenvalue weighted by molar-refractivity contribution is 7.89. The van der Waals surface area contributed by atoms with Gasteiger partial charge in [0.15, 0.2) is 6.61 Å². The fraction of sp³-hybridized carbons (Fsp3) is 0.375. The molecular weight excluding hydrogens is 458 g/mol. The fourth-order valence-electron chi connectivity index (χ4n) is 3.67. The van der Waals surface area contributed by atoms with Gasteiger partial charge in [0, 0.05) is 18.8 Å². The molecule has 2 N–H and O–H groups in total. The van der Waals surface area contributed by atoms with E-state index in [1.54, 1.807) is 19.1 Å². The molecule has 0 saturated carbocycles. The van der Waals surface area contributed by atoms with Crippen LogP contribution in [0.4, 0.5) is 10.5 Å². The summed E-state index contributed by atoms with van der Waals surface area (Å²) in [6.07, 6.45) is 2.58. The Morgan fingerprint density at radius 2 is 1.68 bits per heavy atom. The van der Waals surface area contributed by atoms with E-state index in [2.05, 4.69) is 10.6 Å². The maximum atomic E-state index is 13.0. The maximum absolute atomic E-state index is 13.0. The zero-order valence-corrected chi connectivity index (χ0v) is 20.3. The Hall–Kier alpha value is -3.24. The molecule has 0 radical (unpaired) electrons. The Labute approximate surface area is 199 Å². The van der Waals surface area contributed by atoms with E-state index in [4.69, 9.17) is 4.74 Å². The van der Waals surface area contributed by atoms with Gasteiger partial charge >= 0.3 is 12.0 Å². The summed E-state index contributed by atoms with van der Waals surface area (Å²) in [4.78, 5) is 36.7. The first-order valence-corrected chi connectivity index (χ1v) is 12.5. The van der Waals surface area contributed by atoms with Crippen molar-refractivity contribution in [1.29, 1.82) is 0 Å². The summed E-state index contributed by atoms with van der Waals surface area (Å²) >= 11 is 0. The predicted molar refractivity (Wildman–Crippen MR) is 127 cm³/mol. The zero-order chi connectivity index (χ0) is 24.9. The van der Waals surface area contributed by atoms with Crippen molar-refractivity contribution in [2.75, 3.05) is 25.0 Å². The summed E-state index contributed by atoms with van der Waals surface area (Å²) in [5, 5.41) is 4.68. The van der Waals surface area contributed by atoms with Crippen LogP contribution in [0, 0.1) is 20.8 Å². The molecule has 0 bridgehead atoms. The molecule has 3 rings (SSSR count). The second kappa shape index (κ2) is 10.8. The monoisotopic (exact) mass is 487 g/mol. The van der Waals surface area contributed by atoms with Crippen LogP contribution in [0.15, 0.2) is 41.3 Å². The molecule has 0 atom stereocenters. The second-order valence-electron chi connectivity index (χ2n) is 8.27. The Balaban J connectivity index is 1.60. The molecule has 182 valence electrons. The molecule has 0 unspecified atom stereocenters. The van der Waals surface area contributed by atoms with Crippen LogP contribution in [0.1, 0.15) is 46.3 Å². The number of nitrogens with zero attached hydrogens (tertiary/aromatic N) is 1. The van der Waals surface area contributed by atoms with E-state index >= 15 is 0 Å². The highest BCUT2D eigenvalue weighted by Crippen LogP contribution is 2.24. The topological polar surface area (TPSA) is 122 Å². The summed E-state index contributed by atoms with van der Waals surface area (Å²) in [5.74, 6) is -1.68. The van der Waals surface area contributed by atoms with E-state index in [1.807, 2.05) is 19.9 Å². The number of hydrogen-bond acceptors (Lipinski definition) is 6. The number of nitrogens with one attached hydrogen (secondary N) is 2. The number of sulfonamides is 1.